The van der Waals surface area contributed by atoms with E-state index in [9.17, 15) is 0 Å². The van der Waals surface area contributed by atoms with Gasteiger partial charge in [0.2, 0.25) is 0 Å². The van der Waals surface area contributed by atoms with Crippen LogP contribution in [-0.2, 0) is 0 Å². The fourth-order valence-electron chi connectivity index (χ4n) is 8.70. The van der Waals surface area contributed by atoms with E-state index in [1.165, 1.54) is 11.4 Å². The zero-order valence-corrected chi connectivity index (χ0v) is 52.6. The molecule has 0 aliphatic carbocycles. The smallest absolute Gasteiger partial charge is 0.132 e. The molecule has 8 nitrogen and oxygen atoms in total. The van der Waals surface area contributed by atoms with Crippen molar-refractivity contribution in [3.8, 4) is 44.5 Å². The molecular weight excluding hydrogens is 1400 g/mol. The van der Waals surface area contributed by atoms with E-state index in [-0.39, 0.29) is 0 Å². The van der Waals surface area contributed by atoms with Gasteiger partial charge in [-0.15, -0.1) is 0 Å². The standard InChI is InChI=1S/C54H48Br8N8/c1-67(2)31-19-11-27(12-20-31)35-47-39(55)40(56)48(63-47)36(28-13-21-32(22-14-28)68(3)4)50-42(58)44(60)52(65-50)38(30-17-25-34(26-18-30)70(8,9)10)54-46(62)45(61)53(66-54)37(51-43(59)41(57)49(35)64-51)29-15-23-33(24-16-29)69(5,6)7/h11-26,64,66H,1-10H3/q+2. The Hall–Kier alpha value is -3.16. The van der Waals surface area contributed by atoms with Crippen LogP contribution in [0.1, 0.15) is 22.8 Å². The highest BCUT2D eigenvalue weighted by Gasteiger charge is 2.32. The van der Waals surface area contributed by atoms with Gasteiger partial charge in [0, 0.05) is 61.8 Å². The second kappa shape index (κ2) is 19.6. The maximum absolute atomic E-state index is 5.69. The van der Waals surface area contributed by atoms with Crippen LogP contribution in [0.5, 0.6) is 0 Å². The second-order valence-corrected chi connectivity index (χ2v) is 25.7. The number of rotatable bonds is 8. The van der Waals surface area contributed by atoms with Crippen molar-refractivity contribution in [2.45, 2.75) is 0 Å². The van der Waals surface area contributed by atoms with E-state index >= 15 is 0 Å². The summed E-state index contributed by atoms with van der Waals surface area (Å²) < 4.78 is 7.92. The van der Waals surface area contributed by atoms with Gasteiger partial charge in [-0.3, -0.25) is 8.97 Å². The van der Waals surface area contributed by atoms with Crippen molar-refractivity contribution >= 4 is 190 Å². The predicted molar refractivity (Wildman–Crippen MR) is 331 cm³/mol. The summed E-state index contributed by atoms with van der Waals surface area (Å²) in [6, 6.07) is 34.7. The van der Waals surface area contributed by atoms with Crippen LogP contribution in [-0.4, -0.2) is 90.4 Å². The molecule has 70 heavy (non-hydrogen) atoms. The Morgan fingerprint density at radius 2 is 0.586 bits per heavy atom. The number of quaternary nitrogens is 2. The number of anilines is 2. The van der Waals surface area contributed by atoms with Gasteiger partial charge in [-0.1, -0.05) is 24.3 Å². The average molecular weight is 1450 g/mol. The number of fused-ring (bicyclic) bond motifs is 8. The summed E-state index contributed by atoms with van der Waals surface area (Å²) in [6.45, 7) is 0. The molecule has 16 heteroatoms. The molecule has 0 fully saturated rings. The summed E-state index contributed by atoms with van der Waals surface area (Å²) in [5.41, 5.74) is 18.3. The third kappa shape index (κ3) is 9.27. The van der Waals surface area contributed by atoms with Crippen molar-refractivity contribution in [1.82, 2.24) is 28.9 Å². The quantitative estimate of drug-likeness (QED) is 0.149. The first-order valence-electron chi connectivity index (χ1n) is 22.1. The number of hydrogen-bond acceptors (Lipinski definition) is 4. The molecule has 8 bridgehead atoms. The molecule has 2 aliphatic rings. The van der Waals surface area contributed by atoms with Gasteiger partial charge in [-0.2, -0.15) is 0 Å². The van der Waals surface area contributed by atoms with Gasteiger partial charge < -0.3 is 19.8 Å². The maximum Gasteiger partial charge on any atom is 0.132 e. The minimum Gasteiger partial charge on any atom is -0.378 e. The number of nitrogens with one attached hydrogen (secondary N) is 2. The summed E-state index contributed by atoms with van der Waals surface area (Å²) in [7, 11) is 21.3. The molecule has 4 aromatic carbocycles. The summed E-state index contributed by atoms with van der Waals surface area (Å²) >= 11 is 33.0. The van der Waals surface area contributed by atoms with Crippen LogP contribution < -0.4 is 18.8 Å². The topological polar surface area (TPSA) is 63.8 Å². The Morgan fingerprint density at radius 3 is 0.871 bits per heavy atom. The van der Waals surface area contributed by atoms with Gasteiger partial charge in [0.15, 0.2) is 0 Å². The number of H-pyrrole nitrogens is 2. The van der Waals surface area contributed by atoms with Crippen molar-refractivity contribution < 1.29 is 0 Å². The molecule has 2 N–H and O–H groups in total. The first kappa shape index (κ1) is 51.7. The van der Waals surface area contributed by atoms with E-state index in [0.717, 1.165) is 137 Å². The minimum absolute atomic E-state index is 0.670. The largest absolute Gasteiger partial charge is 0.378 e. The number of nitrogens with zero attached hydrogens (tertiary/aromatic N) is 6. The molecule has 5 heterocycles. The highest BCUT2D eigenvalue weighted by Crippen LogP contribution is 2.53. The van der Waals surface area contributed by atoms with E-state index in [1.54, 1.807) is 0 Å². The molecule has 2 aliphatic heterocycles. The van der Waals surface area contributed by atoms with Crippen molar-refractivity contribution in [3.05, 3.63) is 138 Å². The third-order valence-corrected chi connectivity index (χ3v) is 21.0. The zero-order valence-electron chi connectivity index (χ0n) is 39.9. The predicted octanol–water partition coefficient (Wildman–Crippen LogP) is 17.8. The van der Waals surface area contributed by atoms with Gasteiger partial charge in [0.1, 0.15) is 11.4 Å². The van der Waals surface area contributed by atoms with Crippen molar-refractivity contribution in [3.63, 3.8) is 0 Å². The van der Waals surface area contributed by atoms with Gasteiger partial charge >= 0.3 is 0 Å². The molecule has 0 radical (unpaired) electrons. The molecule has 0 amide bonds. The highest BCUT2D eigenvalue weighted by molar-refractivity contribution is 9.18. The van der Waals surface area contributed by atoms with Gasteiger partial charge in [-0.05, 0) is 222 Å². The number of halogens is 8. The van der Waals surface area contributed by atoms with Crippen molar-refractivity contribution in [2.24, 2.45) is 0 Å². The van der Waals surface area contributed by atoms with E-state index in [4.69, 9.17) is 9.97 Å². The molecular formula is C54H48Br8N8+2. The van der Waals surface area contributed by atoms with E-state index < -0.39 is 0 Å². The molecule has 358 valence electrons. The first-order valence-corrected chi connectivity index (χ1v) is 28.4. The van der Waals surface area contributed by atoms with Gasteiger partial charge in [-0.25, -0.2) is 9.97 Å². The molecule has 0 atom stereocenters. The van der Waals surface area contributed by atoms with Crippen LogP contribution >= 0.6 is 127 Å². The lowest BCUT2D eigenvalue weighted by Gasteiger charge is -2.23. The number of benzene rings is 4. The Labute approximate surface area is 476 Å². The summed E-state index contributed by atoms with van der Waals surface area (Å²) in [6.07, 6.45) is 0. The first-order chi connectivity index (χ1) is 33.0. The molecule has 0 saturated carbocycles. The molecule has 0 saturated heterocycles. The Kier molecular flexibility index (Phi) is 14.5. The number of hydrogen-bond donors (Lipinski definition) is 2. The lowest BCUT2D eigenvalue weighted by molar-refractivity contribution is 0.486. The lowest BCUT2D eigenvalue weighted by atomic mass is 10.0. The van der Waals surface area contributed by atoms with Crippen LogP contribution in [0.2, 0.25) is 0 Å². The zero-order chi connectivity index (χ0) is 50.5. The normalized spacial score (nSPS) is 13.2. The lowest BCUT2D eigenvalue weighted by Crippen LogP contribution is -2.34. The van der Waals surface area contributed by atoms with Crippen LogP contribution in [0.3, 0.4) is 0 Å². The van der Waals surface area contributed by atoms with Gasteiger partial charge in [0.25, 0.3) is 0 Å². The Bertz CT molecular complexity index is 3500. The second-order valence-electron chi connectivity index (χ2n) is 19.4. The molecule has 0 spiro atoms. The van der Waals surface area contributed by atoms with Crippen molar-refractivity contribution in [2.75, 3.05) is 80.3 Å². The molecule has 3 aromatic heterocycles. The fraction of sp³-hybridized carbons (Fsp3) is 0.185. The summed E-state index contributed by atoms with van der Waals surface area (Å²) in [5, 5.41) is 0. The third-order valence-electron chi connectivity index (χ3n) is 12.6. The minimum atomic E-state index is 0.670. The Balaban J connectivity index is 1.57. The van der Waals surface area contributed by atoms with E-state index in [0.29, 0.717) is 8.97 Å². The average Bonchev–Trinajstić information content (AvgIpc) is 3.98. The molecule has 9 rings (SSSR count). The van der Waals surface area contributed by atoms with E-state index in [2.05, 4.69) is 301 Å². The summed E-state index contributed by atoms with van der Waals surface area (Å²) in [5.74, 6) is 0. The van der Waals surface area contributed by atoms with Crippen LogP contribution in [0.25, 0.3) is 84.5 Å². The SMILES string of the molecule is CN(C)c1ccc(-c2c3nc(c(-c4ccc(N(C)C)cc4)c4[nH]c(c(Br)c4Br)c(-c4ccc([N+](C)(C)C)cc4)c4[nH]c(c(Br)c4Br)c(-c4ccc([N+](C)(C)C)cc4)c4nc2C(Br)=C4Br)C(Br)=C3Br)cc1. The molecule has 7 aromatic rings. The number of aromatic amines is 2. The van der Waals surface area contributed by atoms with Crippen LogP contribution in [0.4, 0.5) is 22.7 Å². The Morgan fingerprint density at radius 1 is 0.343 bits per heavy atom. The van der Waals surface area contributed by atoms with Gasteiger partial charge in [0.05, 0.1) is 123 Å². The van der Waals surface area contributed by atoms with Crippen LogP contribution in [0.15, 0.2) is 115 Å². The summed E-state index contributed by atoms with van der Waals surface area (Å²) in [4.78, 5) is 23.5. The van der Waals surface area contributed by atoms with Crippen molar-refractivity contribution in [1.29, 1.82) is 0 Å². The fourth-order valence-corrected chi connectivity index (χ4v) is 12.6. The highest BCUT2D eigenvalue weighted by atomic mass is 79.9. The maximum atomic E-state index is 5.69. The monoisotopic (exact) mass is 1440 g/mol. The van der Waals surface area contributed by atoms with E-state index in [1.807, 2.05) is 14.1 Å². The number of aromatic nitrogens is 4. The molecule has 0 unspecified atom stereocenters. The van der Waals surface area contributed by atoms with Crippen LogP contribution in [0, 0.1) is 0 Å².